The maximum Gasteiger partial charge on any atom is 0.335 e. The molecule has 21 heavy (non-hydrogen) atoms. The van der Waals surface area contributed by atoms with Gasteiger partial charge in [0.25, 0.3) is 10.2 Å². The highest BCUT2D eigenvalue weighted by Gasteiger charge is 2.26. The van der Waals surface area contributed by atoms with E-state index in [2.05, 4.69) is 4.72 Å². The van der Waals surface area contributed by atoms with Gasteiger partial charge < -0.3 is 5.11 Å². The largest absolute Gasteiger partial charge is 0.478 e. The lowest BCUT2D eigenvalue weighted by Gasteiger charge is -2.30. The van der Waals surface area contributed by atoms with Gasteiger partial charge in [0.1, 0.15) is 0 Å². The van der Waals surface area contributed by atoms with Gasteiger partial charge in [0.2, 0.25) is 0 Å². The summed E-state index contributed by atoms with van der Waals surface area (Å²) in [5, 5.41) is 8.92. The third-order valence-corrected chi connectivity index (χ3v) is 5.11. The summed E-state index contributed by atoms with van der Waals surface area (Å²) in [6, 6.07) is 6.26. The zero-order valence-corrected chi connectivity index (χ0v) is 12.8. The van der Waals surface area contributed by atoms with Gasteiger partial charge in [-0.2, -0.15) is 17.4 Å². The predicted octanol–water partition coefficient (Wildman–Crippen LogP) is 1.45. The van der Waals surface area contributed by atoms with Gasteiger partial charge in [-0.25, -0.2) is 4.79 Å². The van der Waals surface area contributed by atoms with E-state index >= 15 is 0 Å². The van der Waals surface area contributed by atoms with E-state index in [1.165, 1.54) is 16.4 Å². The number of aromatic carboxylic acids is 1. The van der Waals surface area contributed by atoms with Gasteiger partial charge in [-0.1, -0.05) is 19.1 Å². The fraction of sp³-hybridized carbons (Fsp3) is 0.500. The van der Waals surface area contributed by atoms with Gasteiger partial charge in [0, 0.05) is 19.6 Å². The molecule has 1 fully saturated rings. The maximum atomic E-state index is 12.2. The summed E-state index contributed by atoms with van der Waals surface area (Å²) < 4.78 is 28.4. The van der Waals surface area contributed by atoms with Crippen molar-refractivity contribution in [2.45, 2.75) is 26.3 Å². The molecule has 2 N–H and O–H groups in total. The quantitative estimate of drug-likeness (QED) is 0.861. The van der Waals surface area contributed by atoms with Gasteiger partial charge >= 0.3 is 5.97 Å². The minimum atomic E-state index is -3.51. The van der Waals surface area contributed by atoms with Gasteiger partial charge in [-0.05, 0) is 36.5 Å². The average Bonchev–Trinajstić information content (AvgIpc) is 2.45. The van der Waals surface area contributed by atoms with Crippen molar-refractivity contribution >= 4 is 16.2 Å². The van der Waals surface area contributed by atoms with Crippen LogP contribution in [0.15, 0.2) is 24.3 Å². The van der Waals surface area contributed by atoms with Crippen LogP contribution in [0.2, 0.25) is 0 Å². The Bertz CT molecular complexity index is 615. The second-order valence-corrected chi connectivity index (χ2v) is 7.19. The smallest absolute Gasteiger partial charge is 0.335 e. The summed E-state index contributed by atoms with van der Waals surface area (Å²) in [6.07, 6.45) is 1.92. The molecule has 1 aliphatic heterocycles. The van der Waals surface area contributed by atoms with Gasteiger partial charge in [-0.15, -0.1) is 0 Å². The molecule has 116 valence electrons. The van der Waals surface area contributed by atoms with Crippen LogP contribution < -0.4 is 4.72 Å². The SMILES string of the molecule is CC1CCCN(S(=O)(=O)NCc2cccc(C(=O)O)c2)C1. The number of carboxylic acid groups (broad SMARTS) is 1. The fourth-order valence-corrected chi connectivity index (χ4v) is 3.80. The third-order valence-electron chi connectivity index (χ3n) is 3.59. The molecule has 1 unspecified atom stereocenters. The van der Waals surface area contributed by atoms with Crippen molar-refractivity contribution in [2.75, 3.05) is 13.1 Å². The number of nitrogens with zero attached hydrogens (tertiary/aromatic N) is 1. The lowest BCUT2D eigenvalue weighted by atomic mass is 10.0. The summed E-state index contributed by atoms with van der Waals surface area (Å²) in [4.78, 5) is 10.9. The third kappa shape index (κ3) is 4.26. The molecule has 0 spiro atoms. The summed E-state index contributed by atoms with van der Waals surface area (Å²) in [5.74, 6) is -0.657. The molecule has 0 radical (unpaired) electrons. The predicted molar refractivity (Wildman–Crippen MR) is 79.1 cm³/mol. The lowest BCUT2D eigenvalue weighted by Crippen LogP contribution is -2.45. The summed E-state index contributed by atoms with van der Waals surface area (Å²) in [5.41, 5.74) is 0.779. The molecule has 0 aliphatic carbocycles. The van der Waals surface area contributed by atoms with Crippen LogP contribution in [0.25, 0.3) is 0 Å². The standard InChI is InChI=1S/C14H20N2O4S/c1-11-4-3-7-16(10-11)21(19,20)15-9-12-5-2-6-13(8-12)14(17)18/h2,5-6,8,11,15H,3-4,7,9-10H2,1H3,(H,17,18). The molecule has 1 aliphatic rings. The summed E-state index contributed by atoms with van der Waals surface area (Å²) in [6.45, 7) is 3.20. The van der Waals surface area contributed by atoms with Crippen LogP contribution in [0.1, 0.15) is 35.7 Å². The minimum absolute atomic E-state index is 0.0916. The highest BCUT2D eigenvalue weighted by atomic mass is 32.2. The van der Waals surface area contributed by atoms with Crippen molar-refractivity contribution in [3.63, 3.8) is 0 Å². The van der Waals surface area contributed by atoms with E-state index in [-0.39, 0.29) is 12.1 Å². The number of benzene rings is 1. The van der Waals surface area contributed by atoms with E-state index < -0.39 is 16.2 Å². The normalized spacial score (nSPS) is 20.3. The van der Waals surface area contributed by atoms with Crippen LogP contribution in [0.4, 0.5) is 0 Å². The van der Waals surface area contributed by atoms with Crippen LogP contribution in [-0.4, -0.2) is 36.9 Å². The Labute approximate surface area is 125 Å². The Kier molecular flexibility index (Phi) is 4.97. The molecule has 1 heterocycles. The Morgan fingerprint density at radius 3 is 2.90 bits per heavy atom. The molecule has 7 heteroatoms. The fourth-order valence-electron chi connectivity index (χ4n) is 2.44. The topological polar surface area (TPSA) is 86.7 Å². The first-order valence-electron chi connectivity index (χ1n) is 6.95. The monoisotopic (exact) mass is 312 g/mol. The van der Waals surface area contributed by atoms with E-state index in [0.717, 1.165) is 12.8 Å². The minimum Gasteiger partial charge on any atom is -0.478 e. The van der Waals surface area contributed by atoms with Crippen molar-refractivity contribution in [3.05, 3.63) is 35.4 Å². The maximum absolute atomic E-state index is 12.2. The number of carbonyl (C=O) groups is 1. The first kappa shape index (κ1) is 15.9. The molecule has 0 aromatic heterocycles. The molecular weight excluding hydrogens is 292 g/mol. The Morgan fingerprint density at radius 2 is 2.24 bits per heavy atom. The van der Waals surface area contributed by atoms with E-state index in [1.807, 2.05) is 6.92 Å². The zero-order chi connectivity index (χ0) is 15.5. The molecule has 2 rings (SSSR count). The number of rotatable bonds is 5. The average molecular weight is 312 g/mol. The molecule has 0 saturated carbocycles. The molecule has 0 bridgehead atoms. The van der Waals surface area contributed by atoms with Crippen LogP contribution in [0.5, 0.6) is 0 Å². The molecule has 0 amide bonds. The van der Waals surface area contributed by atoms with Gasteiger partial charge in [0.05, 0.1) is 5.56 Å². The zero-order valence-electron chi connectivity index (χ0n) is 11.9. The number of hydrogen-bond acceptors (Lipinski definition) is 3. The lowest BCUT2D eigenvalue weighted by molar-refractivity contribution is 0.0696. The van der Waals surface area contributed by atoms with E-state index in [1.54, 1.807) is 12.1 Å². The second-order valence-electron chi connectivity index (χ2n) is 5.44. The number of nitrogens with one attached hydrogen (secondary N) is 1. The number of carboxylic acids is 1. The van der Waals surface area contributed by atoms with Crippen LogP contribution in [0.3, 0.4) is 0 Å². The molecule has 1 aromatic carbocycles. The van der Waals surface area contributed by atoms with E-state index in [4.69, 9.17) is 5.11 Å². The Morgan fingerprint density at radius 1 is 1.48 bits per heavy atom. The van der Waals surface area contributed by atoms with E-state index in [9.17, 15) is 13.2 Å². The molecule has 1 aromatic rings. The first-order valence-corrected chi connectivity index (χ1v) is 8.39. The molecular formula is C14H20N2O4S. The molecule has 1 saturated heterocycles. The van der Waals surface area contributed by atoms with Crippen LogP contribution in [-0.2, 0) is 16.8 Å². The molecule has 1 atom stereocenters. The van der Waals surface area contributed by atoms with Crippen molar-refractivity contribution < 1.29 is 18.3 Å². The Balaban J connectivity index is 2.01. The summed E-state index contributed by atoms with van der Waals surface area (Å²) in [7, 11) is -3.51. The Hall–Kier alpha value is -1.44. The van der Waals surface area contributed by atoms with E-state index in [0.29, 0.717) is 24.6 Å². The second kappa shape index (κ2) is 6.55. The van der Waals surface area contributed by atoms with Crippen molar-refractivity contribution in [1.82, 2.24) is 9.03 Å². The van der Waals surface area contributed by atoms with Gasteiger partial charge in [-0.3, -0.25) is 0 Å². The van der Waals surface area contributed by atoms with Crippen molar-refractivity contribution in [3.8, 4) is 0 Å². The highest BCUT2D eigenvalue weighted by Crippen LogP contribution is 2.18. The first-order chi connectivity index (χ1) is 9.88. The van der Waals surface area contributed by atoms with Gasteiger partial charge in [0.15, 0.2) is 0 Å². The van der Waals surface area contributed by atoms with Crippen molar-refractivity contribution in [2.24, 2.45) is 5.92 Å². The number of hydrogen-bond donors (Lipinski definition) is 2. The summed E-state index contributed by atoms with van der Waals surface area (Å²) >= 11 is 0. The van der Waals surface area contributed by atoms with Crippen molar-refractivity contribution in [1.29, 1.82) is 0 Å². The van der Waals surface area contributed by atoms with Crippen LogP contribution >= 0.6 is 0 Å². The highest BCUT2D eigenvalue weighted by molar-refractivity contribution is 7.87. The molecule has 6 nitrogen and oxygen atoms in total. The number of piperidine rings is 1. The van der Waals surface area contributed by atoms with Crippen LogP contribution in [0, 0.1) is 5.92 Å².